The number of rotatable bonds is 6. The van der Waals surface area contributed by atoms with Gasteiger partial charge in [0.1, 0.15) is 11.8 Å². The minimum Gasteiger partial charge on any atom is -0.480 e. The quantitative estimate of drug-likeness (QED) is 0.480. The van der Waals surface area contributed by atoms with E-state index in [9.17, 15) is 14.7 Å². The molecule has 1 amide bonds. The molecule has 2 heterocycles. The van der Waals surface area contributed by atoms with Crippen molar-refractivity contribution >= 4 is 11.9 Å². The summed E-state index contributed by atoms with van der Waals surface area (Å²) >= 11 is 0. The van der Waals surface area contributed by atoms with Crippen molar-refractivity contribution in [2.75, 3.05) is 13.1 Å². The van der Waals surface area contributed by atoms with E-state index in [1.165, 1.54) is 11.2 Å². The smallest absolute Gasteiger partial charge is 0.326 e. The van der Waals surface area contributed by atoms with Gasteiger partial charge in [0.15, 0.2) is 0 Å². The number of carboxylic acids is 1. The Labute approximate surface area is 114 Å². The van der Waals surface area contributed by atoms with Crippen LogP contribution >= 0.6 is 0 Å². The zero-order valence-corrected chi connectivity index (χ0v) is 10.7. The maximum absolute atomic E-state index is 11.9. The molecular weight excluding hydrogens is 264 g/mol. The third kappa shape index (κ3) is 3.10. The number of carbonyl (C=O) groups is 2. The van der Waals surface area contributed by atoms with E-state index in [1.807, 2.05) is 0 Å². The number of carbonyl (C=O) groups excluding carboxylic acids is 1. The van der Waals surface area contributed by atoms with Gasteiger partial charge in [-0.3, -0.25) is 4.79 Å². The topological polar surface area (TPSA) is 120 Å². The lowest BCUT2D eigenvalue weighted by Crippen LogP contribution is -2.43. The molecule has 20 heavy (non-hydrogen) atoms. The van der Waals surface area contributed by atoms with Crippen LogP contribution < -0.4 is 0 Å². The number of amides is 1. The number of furan rings is 1. The van der Waals surface area contributed by atoms with Crippen LogP contribution in [-0.4, -0.2) is 41.0 Å². The van der Waals surface area contributed by atoms with E-state index in [-0.39, 0.29) is 37.8 Å². The Morgan fingerprint density at radius 1 is 1.70 bits per heavy atom. The normalized spacial score (nSPS) is 19.7. The van der Waals surface area contributed by atoms with E-state index >= 15 is 0 Å². The van der Waals surface area contributed by atoms with E-state index in [1.54, 1.807) is 12.1 Å². The SMILES string of the molecule is [N-]=[N+]=NCC1CC(=O)N(C(Cc2ccco2)C(=O)O)C1. The highest BCUT2D eigenvalue weighted by atomic mass is 16.4. The molecule has 0 saturated carbocycles. The van der Waals surface area contributed by atoms with Gasteiger partial charge in [-0.2, -0.15) is 0 Å². The number of azide groups is 1. The van der Waals surface area contributed by atoms with Gasteiger partial charge in [-0.1, -0.05) is 5.11 Å². The largest absolute Gasteiger partial charge is 0.480 e. The van der Waals surface area contributed by atoms with Crippen LogP contribution in [0.2, 0.25) is 0 Å². The number of carboxylic acid groups (broad SMARTS) is 1. The first-order valence-corrected chi connectivity index (χ1v) is 6.17. The molecule has 2 atom stereocenters. The van der Waals surface area contributed by atoms with Crippen molar-refractivity contribution in [3.05, 3.63) is 34.6 Å². The van der Waals surface area contributed by atoms with E-state index in [4.69, 9.17) is 9.95 Å². The summed E-state index contributed by atoms with van der Waals surface area (Å²) in [7, 11) is 0. The van der Waals surface area contributed by atoms with E-state index in [0.29, 0.717) is 5.76 Å². The summed E-state index contributed by atoms with van der Waals surface area (Å²) in [6.45, 7) is 0.487. The summed E-state index contributed by atoms with van der Waals surface area (Å²) in [5, 5.41) is 12.7. The Morgan fingerprint density at radius 2 is 2.50 bits per heavy atom. The van der Waals surface area contributed by atoms with Gasteiger partial charge in [-0.15, -0.1) is 0 Å². The van der Waals surface area contributed by atoms with Gasteiger partial charge in [-0.25, -0.2) is 4.79 Å². The van der Waals surface area contributed by atoms with Crippen LogP contribution in [0.25, 0.3) is 10.4 Å². The Balaban J connectivity index is 2.07. The summed E-state index contributed by atoms with van der Waals surface area (Å²) in [5.74, 6) is -0.915. The van der Waals surface area contributed by atoms with Crippen LogP contribution in [0, 0.1) is 5.92 Å². The molecule has 8 nitrogen and oxygen atoms in total. The minimum absolute atomic E-state index is 0.127. The van der Waals surface area contributed by atoms with Crippen LogP contribution in [0.1, 0.15) is 12.2 Å². The highest BCUT2D eigenvalue weighted by Gasteiger charge is 2.37. The zero-order chi connectivity index (χ0) is 14.5. The van der Waals surface area contributed by atoms with E-state index < -0.39 is 12.0 Å². The second kappa shape index (κ2) is 6.12. The molecule has 1 fully saturated rings. The average Bonchev–Trinajstić information content (AvgIpc) is 3.03. The monoisotopic (exact) mass is 278 g/mol. The molecule has 106 valence electrons. The predicted octanol–water partition coefficient (Wildman–Crippen LogP) is 1.43. The molecular formula is C12H14N4O4. The van der Waals surface area contributed by atoms with Crippen molar-refractivity contribution < 1.29 is 19.1 Å². The molecule has 2 rings (SSSR count). The van der Waals surface area contributed by atoms with Crippen LogP contribution in [0.3, 0.4) is 0 Å². The van der Waals surface area contributed by atoms with Gasteiger partial charge in [0.2, 0.25) is 5.91 Å². The first kappa shape index (κ1) is 14.0. The fraction of sp³-hybridized carbons (Fsp3) is 0.500. The van der Waals surface area contributed by atoms with Gasteiger partial charge in [0, 0.05) is 30.8 Å². The molecule has 0 aliphatic carbocycles. The van der Waals surface area contributed by atoms with Gasteiger partial charge in [0.05, 0.1) is 6.26 Å². The molecule has 0 spiro atoms. The van der Waals surface area contributed by atoms with Crippen LogP contribution in [0.4, 0.5) is 0 Å². The molecule has 0 bridgehead atoms. The molecule has 0 aromatic carbocycles. The van der Waals surface area contributed by atoms with Crippen molar-refractivity contribution in [1.82, 2.24) is 4.90 Å². The molecule has 8 heteroatoms. The van der Waals surface area contributed by atoms with Crippen molar-refractivity contribution in [3.63, 3.8) is 0 Å². The van der Waals surface area contributed by atoms with Crippen molar-refractivity contribution in [2.24, 2.45) is 11.0 Å². The fourth-order valence-corrected chi connectivity index (χ4v) is 2.33. The Morgan fingerprint density at radius 3 is 3.10 bits per heavy atom. The Kier molecular flexibility index (Phi) is 4.27. The van der Waals surface area contributed by atoms with Crippen molar-refractivity contribution in [1.29, 1.82) is 0 Å². The van der Waals surface area contributed by atoms with Gasteiger partial charge in [0.25, 0.3) is 0 Å². The number of nitrogens with zero attached hydrogens (tertiary/aromatic N) is 4. The number of likely N-dealkylation sites (tertiary alicyclic amines) is 1. The van der Waals surface area contributed by atoms with Crippen LogP contribution in [0.5, 0.6) is 0 Å². The standard InChI is InChI=1S/C12H14N4O4/c13-15-14-6-8-4-11(17)16(7-8)10(12(18)19)5-9-2-1-3-20-9/h1-3,8,10H,4-7H2,(H,18,19). The van der Waals surface area contributed by atoms with Gasteiger partial charge >= 0.3 is 5.97 Å². The third-order valence-corrected chi connectivity index (χ3v) is 3.28. The summed E-state index contributed by atoms with van der Waals surface area (Å²) in [4.78, 5) is 27.3. The lowest BCUT2D eigenvalue weighted by atomic mass is 10.1. The number of hydrogen-bond donors (Lipinski definition) is 1. The molecule has 2 unspecified atom stereocenters. The van der Waals surface area contributed by atoms with Gasteiger partial charge in [-0.05, 0) is 23.6 Å². The lowest BCUT2D eigenvalue weighted by molar-refractivity contribution is -0.148. The molecule has 1 N–H and O–H groups in total. The first-order chi connectivity index (χ1) is 9.61. The van der Waals surface area contributed by atoms with Crippen molar-refractivity contribution in [3.8, 4) is 0 Å². The highest BCUT2D eigenvalue weighted by molar-refractivity contribution is 5.85. The number of hydrogen-bond acceptors (Lipinski definition) is 4. The molecule has 1 aliphatic heterocycles. The summed E-state index contributed by atoms with van der Waals surface area (Å²) < 4.78 is 5.13. The van der Waals surface area contributed by atoms with Gasteiger partial charge < -0.3 is 14.4 Å². The van der Waals surface area contributed by atoms with Crippen LogP contribution in [-0.2, 0) is 16.0 Å². The maximum Gasteiger partial charge on any atom is 0.326 e. The number of aliphatic carboxylic acids is 1. The Hall–Kier alpha value is -2.47. The second-order valence-corrected chi connectivity index (χ2v) is 4.67. The zero-order valence-electron chi connectivity index (χ0n) is 10.7. The summed E-state index contributed by atoms with van der Waals surface area (Å²) in [6, 6.07) is 2.39. The lowest BCUT2D eigenvalue weighted by Gasteiger charge is -2.23. The van der Waals surface area contributed by atoms with Crippen molar-refractivity contribution in [2.45, 2.75) is 18.9 Å². The highest BCUT2D eigenvalue weighted by Crippen LogP contribution is 2.22. The summed E-state index contributed by atoms with van der Waals surface area (Å²) in [5.41, 5.74) is 8.28. The third-order valence-electron chi connectivity index (χ3n) is 3.28. The summed E-state index contributed by atoms with van der Waals surface area (Å²) in [6.07, 6.45) is 1.80. The van der Waals surface area contributed by atoms with Crippen LogP contribution in [0.15, 0.2) is 27.9 Å². The maximum atomic E-state index is 11.9. The molecule has 1 aromatic rings. The fourth-order valence-electron chi connectivity index (χ4n) is 2.33. The molecule has 0 radical (unpaired) electrons. The van der Waals surface area contributed by atoms with E-state index in [2.05, 4.69) is 10.0 Å². The second-order valence-electron chi connectivity index (χ2n) is 4.67. The Bertz CT molecular complexity index is 536. The molecule has 1 aromatic heterocycles. The first-order valence-electron chi connectivity index (χ1n) is 6.17. The average molecular weight is 278 g/mol. The molecule has 1 aliphatic rings. The predicted molar refractivity (Wildman–Crippen MR) is 67.7 cm³/mol. The van der Waals surface area contributed by atoms with E-state index in [0.717, 1.165) is 0 Å². The molecule has 1 saturated heterocycles. The minimum atomic E-state index is -1.07.